The molecular weight excluding hydrogens is 362 g/mol. The third-order valence-electron chi connectivity index (χ3n) is 3.35. The van der Waals surface area contributed by atoms with Gasteiger partial charge in [0.1, 0.15) is 0 Å². The van der Waals surface area contributed by atoms with Crippen LogP contribution in [0.2, 0.25) is 5.02 Å². The smallest absolute Gasteiger partial charge is 0.248 e. The van der Waals surface area contributed by atoms with Crippen LogP contribution in [0.5, 0.6) is 0 Å². The van der Waals surface area contributed by atoms with Gasteiger partial charge in [-0.1, -0.05) is 23.7 Å². The quantitative estimate of drug-likeness (QED) is 0.425. The van der Waals surface area contributed by atoms with Crippen LogP contribution in [0.1, 0.15) is 11.1 Å². The van der Waals surface area contributed by atoms with E-state index in [0.29, 0.717) is 10.1 Å². The molecule has 0 saturated carbocycles. The first-order chi connectivity index (χ1) is 11.5. The van der Waals surface area contributed by atoms with Gasteiger partial charge in [0, 0.05) is 15.6 Å². The van der Waals surface area contributed by atoms with Crippen LogP contribution < -0.4 is 16.2 Å². The maximum atomic E-state index is 11.9. The summed E-state index contributed by atoms with van der Waals surface area (Å²) in [5.41, 5.74) is 8.49. The molecule has 2 aromatic carbocycles. The minimum absolute atomic E-state index is 0.167. The Hall–Kier alpha value is -1.76. The number of rotatable bonds is 4. The fourth-order valence-corrected chi connectivity index (χ4v) is 2.87. The lowest BCUT2D eigenvalue weighted by Gasteiger charge is -2.14. The molecule has 0 radical (unpaired) electrons. The Labute approximate surface area is 156 Å². The lowest BCUT2D eigenvalue weighted by molar-refractivity contribution is -0.119. The molecule has 0 spiro atoms. The van der Waals surface area contributed by atoms with Crippen LogP contribution in [0.4, 0.5) is 5.69 Å². The molecule has 0 aliphatic heterocycles. The summed E-state index contributed by atoms with van der Waals surface area (Å²) in [5, 5.41) is 4.09. The zero-order chi connectivity index (χ0) is 17.5. The standard InChI is InChI=1S/C17H18ClN3OS2/c1-11-4-3-5-15(12(11)2)19-17(23)21-20-16(22)10-24-14-8-6-13(18)7-9-14/h3-9H,10H2,1-2H3,(H,20,22)(H2,19,21,23). The van der Waals surface area contributed by atoms with E-state index in [4.69, 9.17) is 23.8 Å². The summed E-state index contributed by atoms with van der Waals surface area (Å²) in [6.07, 6.45) is 0. The topological polar surface area (TPSA) is 53.2 Å². The number of thiocarbonyl (C=S) groups is 1. The summed E-state index contributed by atoms with van der Waals surface area (Å²) in [6.45, 7) is 4.05. The molecular formula is C17H18ClN3OS2. The number of amides is 1. The number of hydrogen-bond donors (Lipinski definition) is 3. The second-order valence-corrected chi connectivity index (χ2v) is 7.01. The van der Waals surface area contributed by atoms with Crippen molar-refractivity contribution < 1.29 is 4.79 Å². The minimum Gasteiger partial charge on any atom is -0.331 e. The molecule has 24 heavy (non-hydrogen) atoms. The average molecular weight is 380 g/mol. The predicted molar refractivity (Wildman–Crippen MR) is 106 cm³/mol. The van der Waals surface area contributed by atoms with Gasteiger partial charge < -0.3 is 5.32 Å². The Kier molecular flexibility index (Phi) is 6.90. The molecule has 2 rings (SSSR count). The van der Waals surface area contributed by atoms with Crippen LogP contribution in [0.25, 0.3) is 0 Å². The highest BCUT2D eigenvalue weighted by atomic mass is 35.5. The average Bonchev–Trinajstić information content (AvgIpc) is 2.56. The highest BCUT2D eigenvalue weighted by molar-refractivity contribution is 8.00. The summed E-state index contributed by atoms with van der Waals surface area (Å²) in [5.74, 6) is 0.112. The van der Waals surface area contributed by atoms with E-state index in [1.54, 1.807) is 12.1 Å². The number of hydrazine groups is 1. The fraction of sp³-hybridized carbons (Fsp3) is 0.176. The van der Waals surface area contributed by atoms with Crippen LogP contribution in [-0.4, -0.2) is 16.8 Å². The van der Waals surface area contributed by atoms with Gasteiger partial charge in [-0.2, -0.15) is 0 Å². The van der Waals surface area contributed by atoms with E-state index in [-0.39, 0.29) is 11.7 Å². The maximum absolute atomic E-state index is 11.9. The molecule has 0 unspecified atom stereocenters. The molecule has 2 aromatic rings. The van der Waals surface area contributed by atoms with Crippen molar-refractivity contribution in [3.05, 3.63) is 58.6 Å². The normalized spacial score (nSPS) is 10.1. The molecule has 0 fully saturated rings. The molecule has 0 aromatic heterocycles. The largest absolute Gasteiger partial charge is 0.331 e. The zero-order valence-electron chi connectivity index (χ0n) is 13.4. The number of carbonyl (C=O) groups is 1. The molecule has 0 bridgehead atoms. The monoisotopic (exact) mass is 379 g/mol. The van der Waals surface area contributed by atoms with Crippen LogP contribution in [0, 0.1) is 13.8 Å². The van der Waals surface area contributed by atoms with E-state index in [0.717, 1.165) is 16.1 Å². The number of nitrogens with one attached hydrogen (secondary N) is 3. The molecule has 3 N–H and O–H groups in total. The number of hydrogen-bond acceptors (Lipinski definition) is 3. The Morgan fingerprint density at radius 1 is 1.12 bits per heavy atom. The number of aryl methyl sites for hydroxylation is 1. The number of carbonyl (C=O) groups excluding carboxylic acids is 1. The predicted octanol–water partition coefficient (Wildman–Crippen LogP) is 4.07. The molecule has 0 aliphatic rings. The van der Waals surface area contributed by atoms with Gasteiger partial charge in [0.2, 0.25) is 5.91 Å². The van der Waals surface area contributed by atoms with Gasteiger partial charge in [-0.05, 0) is 67.5 Å². The number of benzene rings is 2. The van der Waals surface area contributed by atoms with Crippen LogP contribution in [-0.2, 0) is 4.79 Å². The van der Waals surface area contributed by atoms with Gasteiger partial charge in [-0.3, -0.25) is 15.6 Å². The summed E-state index contributed by atoms with van der Waals surface area (Å²) < 4.78 is 0. The van der Waals surface area contributed by atoms with Gasteiger partial charge in [0.15, 0.2) is 5.11 Å². The van der Waals surface area contributed by atoms with Crippen LogP contribution in [0.15, 0.2) is 47.4 Å². The zero-order valence-corrected chi connectivity index (χ0v) is 15.7. The van der Waals surface area contributed by atoms with E-state index in [2.05, 4.69) is 16.2 Å². The molecule has 126 valence electrons. The molecule has 0 heterocycles. The van der Waals surface area contributed by atoms with Gasteiger partial charge >= 0.3 is 0 Å². The van der Waals surface area contributed by atoms with Crippen LogP contribution in [0.3, 0.4) is 0 Å². The van der Waals surface area contributed by atoms with Crippen molar-refractivity contribution in [2.24, 2.45) is 0 Å². The molecule has 4 nitrogen and oxygen atoms in total. The molecule has 0 saturated heterocycles. The van der Waals surface area contributed by atoms with E-state index >= 15 is 0 Å². The van der Waals surface area contributed by atoms with Crippen molar-refractivity contribution in [1.82, 2.24) is 10.9 Å². The Morgan fingerprint density at radius 3 is 2.54 bits per heavy atom. The number of thioether (sulfide) groups is 1. The van der Waals surface area contributed by atoms with Gasteiger partial charge in [0.05, 0.1) is 5.75 Å². The van der Waals surface area contributed by atoms with Crippen LogP contribution >= 0.6 is 35.6 Å². The highest BCUT2D eigenvalue weighted by Crippen LogP contribution is 2.20. The Balaban J connectivity index is 1.75. The fourth-order valence-electron chi connectivity index (χ4n) is 1.88. The summed E-state index contributed by atoms with van der Waals surface area (Å²) in [6, 6.07) is 13.3. The van der Waals surface area contributed by atoms with E-state index in [1.807, 2.05) is 44.2 Å². The minimum atomic E-state index is -0.167. The summed E-state index contributed by atoms with van der Waals surface area (Å²) in [4.78, 5) is 12.8. The first kappa shape index (κ1) is 18.6. The van der Waals surface area contributed by atoms with E-state index in [1.165, 1.54) is 17.3 Å². The van der Waals surface area contributed by atoms with Crippen molar-refractivity contribution in [2.45, 2.75) is 18.7 Å². The highest BCUT2D eigenvalue weighted by Gasteiger charge is 2.05. The van der Waals surface area contributed by atoms with Crippen molar-refractivity contribution in [1.29, 1.82) is 0 Å². The molecule has 7 heteroatoms. The van der Waals surface area contributed by atoms with E-state index in [9.17, 15) is 4.79 Å². The summed E-state index contributed by atoms with van der Waals surface area (Å²) >= 11 is 12.4. The second-order valence-electron chi connectivity index (χ2n) is 5.12. The van der Waals surface area contributed by atoms with Crippen molar-refractivity contribution in [2.75, 3.05) is 11.1 Å². The Bertz CT molecular complexity index is 735. The first-order valence-electron chi connectivity index (χ1n) is 7.26. The Morgan fingerprint density at radius 2 is 1.83 bits per heavy atom. The SMILES string of the molecule is Cc1cccc(NC(=S)NNC(=O)CSc2ccc(Cl)cc2)c1C. The maximum Gasteiger partial charge on any atom is 0.248 e. The molecule has 0 aliphatic carbocycles. The third-order valence-corrected chi connectivity index (χ3v) is 4.82. The van der Waals surface area contributed by atoms with Crippen molar-refractivity contribution in [3.63, 3.8) is 0 Å². The first-order valence-corrected chi connectivity index (χ1v) is 9.03. The van der Waals surface area contributed by atoms with E-state index < -0.39 is 0 Å². The van der Waals surface area contributed by atoms with Gasteiger partial charge in [0.25, 0.3) is 0 Å². The lowest BCUT2D eigenvalue weighted by Crippen LogP contribution is -2.44. The third kappa shape index (κ3) is 5.70. The number of anilines is 1. The number of halogens is 1. The molecule has 1 amide bonds. The lowest BCUT2D eigenvalue weighted by atomic mass is 10.1. The summed E-state index contributed by atoms with van der Waals surface area (Å²) in [7, 11) is 0. The molecule has 0 atom stereocenters. The second kappa shape index (κ2) is 8.92. The van der Waals surface area contributed by atoms with Crippen molar-refractivity contribution >= 4 is 52.3 Å². The van der Waals surface area contributed by atoms with Gasteiger partial charge in [-0.25, -0.2) is 0 Å². The van der Waals surface area contributed by atoms with Crippen molar-refractivity contribution in [3.8, 4) is 0 Å². The van der Waals surface area contributed by atoms with Gasteiger partial charge in [-0.15, -0.1) is 11.8 Å².